The molecule has 1 aliphatic rings. The molecule has 0 bridgehead atoms. The number of anilines is 1. The Balaban J connectivity index is 1.70. The number of pyridine rings is 1. The van der Waals surface area contributed by atoms with Crippen molar-refractivity contribution < 1.29 is 17.6 Å². The molecule has 0 amide bonds. The minimum absolute atomic E-state index is 0.0451. The molecule has 2 unspecified atom stereocenters. The molecule has 4 rings (SSSR count). The number of piperidine rings is 1. The van der Waals surface area contributed by atoms with Gasteiger partial charge in [0.2, 0.25) is 0 Å². The zero-order valence-corrected chi connectivity index (χ0v) is 16.7. The van der Waals surface area contributed by atoms with Crippen LogP contribution in [0.4, 0.5) is 18.9 Å². The maximum Gasteiger partial charge on any atom is 0.417 e. The Morgan fingerprint density at radius 1 is 1.23 bits per heavy atom. The van der Waals surface area contributed by atoms with Crippen molar-refractivity contribution in [2.45, 2.75) is 32.0 Å². The number of hydrogen-bond acceptors (Lipinski definition) is 5. The van der Waals surface area contributed by atoms with Gasteiger partial charge in [-0.25, -0.2) is 4.98 Å². The van der Waals surface area contributed by atoms with Gasteiger partial charge >= 0.3 is 6.18 Å². The standard InChI is InChI=1S/C20H18ClF3N4O2/c1-12-6-7-27(14(9-12)16-3-2-8-30-16)15-11-26-28(19(29)18(15)21)17-5-4-13(10-25-17)20(22,23)24/h2-5,8,10-12,14H,6-7,9H2,1H3. The van der Waals surface area contributed by atoms with Crippen LogP contribution in [-0.2, 0) is 6.18 Å². The summed E-state index contributed by atoms with van der Waals surface area (Å²) in [5, 5.41) is 4.04. The third-order valence-electron chi connectivity index (χ3n) is 5.24. The van der Waals surface area contributed by atoms with Crippen LogP contribution < -0.4 is 10.5 Å². The lowest BCUT2D eigenvalue weighted by Crippen LogP contribution is -2.38. The molecule has 0 radical (unpaired) electrons. The van der Waals surface area contributed by atoms with Crippen molar-refractivity contribution in [2.24, 2.45) is 5.92 Å². The molecular formula is C20H18ClF3N4O2. The van der Waals surface area contributed by atoms with Gasteiger partial charge in [-0.15, -0.1) is 0 Å². The molecular weight excluding hydrogens is 421 g/mol. The van der Waals surface area contributed by atoms with Gasteiger partial charge in [-0.2, -0.15) is 23.0 Å². The van der Waals surface area contributed by atoms with E-state index in [-0.39, 0.29) is 16.9 Å². The number of aromatic nitrogens is 3. The molecule has 0 spiro atoms. The summed E-state index contributed by atoms with van der Waals surface area (Å²) in [6, 6.07) is 5.52. The fourth-order valence-corrected chi connectivity index (χ4v) is 3.88. The third kappa shape index (κ3) is 3.81. The van der Waals surface area contributed by atoms with Crippen molar-refractivity contribution in [2.75, 3.05) is 11.4 Å². The monoisotopic (exact) mass is 438 g/mol. The Kier molecular flexibility index (Phi) is 5.31. The summed E-state index contributed by atoms with van der Waals surface area (Å²) >= 11 is 6.40. The Morgan fingerprint density at radius 2 is 2.03 bits per heavy atom. The summed E-state index contributed by atoms with van der Waals surface area (Å²) < 4.78 is 44.7. The van der Waals surface area contributed by atoms with Crippen LogP contribution in [0.5, 0.6) is 0 Å². The molecule has 10 heteroatoms. The van der Waals surface area contributed by atoms with Crippen molar-refractivity contribution in [1.29, 1.82) is 0 Å². The van der Waals surface area contributed by atoms with E-state index in [2.05, 4.69) is 17.0 Å². The van der Waals surface area contributed by atoms with E-state index in [1.165, 1.54) is 6.20 Å². The summed E-state index contributed by atoms with van der Waals surface area (Å²) in [5.74, 6) is 1.20. The molecule has 30 heavy (non-hydrogen) atoms. The SMILES string of the molecule is CC1CCN(c2cnn(-c3ccc(C(F)(F)F)cn3)c(=O)c2Cl)C(c2ccco2)C1. The fraction of sp³-hybridized carbons (Fsp3) is 0.350. The van der Waals surface area contributed by atoms with Crippen LogP contribution in [0.2, 0.25) is 5.02 Å². The van der Waals surface area contributed by atoms with Crippen LogP contribution >= 0.6 is 11.6 Å². The highest BCUT2D eigenvalue weighted by atomic mass is 35.5. The topological polar surface area (TPSA) is 64.2 Å². The molecule has 0 N–H and O–H groups in total. The molecule has 1 saturated heterocycles. The Morgan fingerprint density at radius 3 is 2.67 bits per heavy atom. The number of rotatable bonds is 3. The highest BCUT2D eigenvalue weighted by Gasteiger charge is 2.33. The van der Waals surface area contributed by atoms with Gasteiger partial charge in [-0.05, 0) is 43.0 Å². The molecule has 158 valence electrons. The van der Waals surface area contributed by atoms with Crippen LogP contribution in [0.1, 0.15) is 37.1 Å². The molecule has 1 fully saturated rings. The maximum absolute atomic E-state index is 12.8. The summed E-state index contributed by atoms with van der Waals surface area (Å²) in [5.41, 5.74) is -1.11. The van der Waals surface area contributed by atoms with E-state index < -0.39 is 17.3 Å². The average molecular weight is 439 g/mol. The predicted molar refractivity (Wildman–Crippen MR) is 105 cm³/mol. The number of alkyl halides is 3. The predicted octanol–water partition coefficient (Wildman–Crippen LogP) is 4.87. The Labute approximate surface area is 174 Å². The first-order valence-corrected chi connectivity index (χ1v) is 9.75. The van der Waals surface area contributed by atoms with Crippen LogP contribution in [0.15, 0.2) is 52.1 Å². The summed E-state index contributed by atoms with van der Waals surface area (Å²) in [6.07, 6.45) is 0.919. The lowest BCUT2D eigenvalue weighted by Gasteiger charge is -2.39. The van der Waals surface area contributed by atoms with Gasteiger partial charge < -0.3 is 9.32 Å². The molecule has 2 atom stereocenters. The Bertz CT molecular complexity index is 1080. The summed E-state index contributed by atoms with van der Waals surface area (Å²) in [6.45, 7) is 2.82. The van der Waals surface area contributed by atoms with Gasteiger partial charge in [0.05, 0.1) is 29.8 Å². The minimum atomic E-state index is -4.52. The van der Waals surface area contributed by atoms with E-state index in [4.69, 9.17) is 16.0 Å². The van der Waals surface area contributed by atoms with Crippen molar-refractivity contribution in [3.8, 4) is 5.82 Å². The molecule has 0 aromatic carbocycles. The second-order valence-corrected chi connectivity index (χ2v) is 7.70. The second-order valence-electron chi connectivity index (χ2n) is 7.32. The van der Waals surface area contributed by atoms with E-state index in [1.54, 1.807) is 12.3 Å². The van der Waals surface area contributed by atoms with Crippen LogP contribution in [0.25, 0.3) is 5.82 Å². The summed E-state index contributed by atoms with van der Waals surface area (Å²) in [4.78, 5) is 18.5. The molecule has 3 aromatic rings. The zero-order chi connectivity index (χ0) is 21.5. The maximum atomic E-state index is 12.8. The number of halogens is 4. The zero-order valence-electron chi connectivity index (χ0n) is 15.9. The first-order valence-electron chi connectivity index (χ1n) is 9.37. The lowest BCUT2D eigenvalue weighted by molar-refractivity contribution is -0.137. The van der Waals surface area contributed by atoms with Gasteiger partial charge in [0.1, 0.15) is 10.8 Å². The minimum Gasteiger partial charge on any atom is -0.467 e. The summed E-state index contributed by atoms with van der Waals surface area (Å²) in [7, 11) is 0. The van der Waals surface area contributed by atoms with E-state index in [0.29, 0.717) is 24.3 Å². The van der Waals surface area contributed by atoms with Gasteiger partial charge in [-0.3, -0.25) is 4.79 Å². The second kappa shape index (κ2) is 7.79. The largest absolute Gasteiger partial charge is 0.467 e. The highest BCUT2D eigenvalue weighted by molar-refractivity contribution is 6.33. The lowest BCUT2D eigenvalue weighted by atomic mass is 9.91. The third-order valence-corrected chi connectivity index (χ3v) is 5.59. The van der Waals surface area contributed by atoms with Crippen LogP contribution in [0.3, 0.4) is 0 Å². The quantitative estimate of drug-likeness (QED) is 0.583. The van der Waals surface area contributed by atoms with Crippen molar-refractivity contribution in [1.82, 2.24) is 14.8 Å². The van der Waals surface area contributed by atoms with Crippen molar-refractivity contribution >= 4 is 17.3 Å². The molecule has 4 heterocycles. The average Bonchev–Trinajstić information content (AvgIpc) is 3.24. The Hall–Kier alpha value is -2.81. The molecule has 6 nitrogen and oxygen atoms in total. The van der Waals surface area contributed by atoms with Crippen LogP contribution in [-0.4, -0.2) is 21.3 Å². The number of nitrogens with zero attached hydrogens (tertiary/aromatic N) is 4. The van der Waals surface area contributed by atoms with Gasteiger partial charge in [0.15, 0.2) is 5.82 Å². The van der Waals surface area contributed by atoms with Gasteiger partial charge in [0, 0.05) is 12.7 Å². The van der Waals surface area contributed by atoms with Gasteiger partial charge in [0.25, 0.3) is 5.56 Å². The smallest absolute Gasteiger partial charge is 0.417 e. The van der Waals surface area contributed by atoms with E-state index in [0.717, 1.165) is 35.4 Å². The molecule has 1 aliphatic heterocycles. The van der Waals surface area contributed by atoms with E-state index in [1.807, 2.05) is 11.0 Å². The van der Waals surface area contributed by atoms with Crippen molar-refractivity contribution in [3.05, 3.63) is 69.6 Å². The number of hydrogen-bond donors (Lipinski definition) is 0. The first kappa shape index (κ1) is 20.5. The fourth-order valence-electron chi connectivity index (χ4n) is 3.65. The van der Waals surface area contributed by atoms with Gasteiger partial charge in [-0.1, -0.05) is 18.5 Å². The van der Waals surface area contributed by atoms with E-state index in [9.17, 15) is 18.0 Å². The molecule has 0 aliphatic carbocycles. The molecule has 0 saturated carbocycles. The van der Waals surface area contributed by atoms with E-state index >= 15 is 0 Å². The normalized spacial score (nSPS) is 19.8. The molecule has 3 aromatic heterocycles. The first-order chi connectivity index (χ1) is 14.3. The highest BCUT2D eigenvalue weighted by Crippen LogP contribution is 2.39. The van der Waals surface area contributed by atoms with Crippen molar-refractivity contribution in [3.63, 3.8) is 0 Å². The van der Waals surface area contributed by atoms with Crippen LogP contribution in [0, 0.1) is 5.92 Å². The number of furan rings is 1.